The van der Waals surface area contributed by atoms with E-state index in [1.165, 1.54) is 12.0 Å². The van der Waals surface area contributed by atoms with Crippen molar-refractivity contribution in [3.63, 3.8) is 0 Å². The summed E-state index contributed by atoms with van der Waals surface area (Å²) in [5.41, 5.74) is 1.39. The van der Waals surface area contributed by atoms with Crippen LogP contribution in [0.25, 0.3) is 0 Å². The molecule has 0 bridgehead atoms. The van der Waals surface area contributed by atoms with Crippen LogP contribution in [-0.2, 0) is 6.42 Å². The van der Waals surface area contributed by atoms with E-state index < -0.39 is 0 Å². The van der Waals surface area contributed by atoms with Crippen LogP contribution in [0.5, 0.6) is 5.75 Å². The van der Waals surface area contributed by atoms with Gasteiger partial charge in [0.05, 0.1) is 6.61 Å². The fourth-order valence-corrected chi connectivity index (χ4v) is 1.21. The Hall–Kier alpha value is -1.02. The first-order chi connectivity index (χ1) is 7.86. The van der Waals surface area contributed by atoms with Crippen molar-refractivity contribution in [2.24, 2.45) is 0 Å². The van der Waals surface area contributed by atoms with Crippen LogP contribution in [0.4, 0.5) is 0 Å². The quantitative estimate of drug-likeness (QED) is 0.777. The van der Waals surface area contributed by atoms with Crippen molar-refractivity contribution >= 4 is 0 Å². The fourth-order valence-electron chi connectivity index (χ4n) is 1.21. The average Bonchev–Trinajstić information content (AvgIpc) is 2.37. The van der Waals surface area contributed by atoms with Gasteiger partial charge in [0.2, 0.25) is 0 Å². The zero-order chi connectivity index (χ0) is 12.8. The highest BCUT2D eigenvalue weighted by Crippen LogP contribution is 2.12. The summed E-state index contributed by atoms with van der Waals surface area (Å²) in [7, 11) is 0. The van der Waals surface area contributed by atoms with Crippen LogP contribution in [-0.4, -0.2) is 12.1 Å². The summed E-state index contributed by atoms with van der Waals surface area (Å²) >= 11 is 0. The van der Waals surface area contributed by atoms with Crippen LogP contribution in [0.1, 0.15) is 53.5 Å². The molecule has 1 rings (SSSR count). The Bertz CT molecular complexity index is 192. The van der Waals surface area contributed by atoms with E-state index >= 15 is 0 Å². The number of benzene rings is 1. The molecular weight excluding hydrogens is 212 g/mol. The lowest BCUT2D eigenvalue weighted by atomic mass is 10.1. The number of hydrogen-bond donors (Lipinski definition) is 0. The molecule has 0 fully saturated rings. The van der Waals surface area contributed by atoms with Crippen molar-refractivity contribution in [1.82, 2.24) is 0 Å². The standard InChI is InChI=1S/C11H16O.2C2H6.H2O/c1-3-5-10-6-8-11(9-7-10)12-4-2;2*1-2;/h6-9H,3-5H2,1-2H3;2*1-2H3;1H2. The molecular formula is C15H30O2. The van der Waals surface area contributed by atoms with Gasteiger partial charge < -0.3 is 10.2 Å². The molecule has 0 amide bonds. The summed E-state index contributed by atoms with van der Waals surface area (Å²) < 4.78 is 5.34. The topological polar surface area (TPSA) is 40.7 Å². The molecule has 0 radical (unpaired) electrons. The van der Waals surface area contributed by atoms with Gasteiger partial charge in [-0.15, -0.1) is 0 Å². The first kappa shape index (κ1) is 21.3. The fraction of sp³-hybridized carbons (Fsp3) is 0.600. The maximum Gasteiger partial charge on any atom is 0.119 e. The van der Waals surface area contributed by atoms with Gasteiger partial charge in [0.15, 0.2) is 0 Å². The van der Waals surface area contributed by atoms with E-state index in [1.807, 2.05) is 46.8 Å². The van der Waals surface area contributed by atoms with Crippen LogP contribution < -0.4 is 4.74 Å². The van der Waals surface area contributed by atoms with E-state index in [4.69, 9.17) is 4.74 Å². The molecule has 0 saturated heterocycles. The summed E-state index contributed by atoms with van der Waals surface area (Å²) in [6, 6.07) is 8.34. The second-order valence-corrected chi connectivity index (χ2v) is 2.83. The van der Waals surface area contributed by atoms with Crippen molar-refractivity contribution in [3.05, 3.63) is 29.8 Å². The highest BCUT2D eigenvalue weighted by Gasteiger charge is 1.92. The predicted molar refractivity (Wildman–Crippen MR) is 77.9 cm³/mol. The van der Waals surface area contributed by atoms with Crippen molar-refractivity contribution in [1.29, 1.82) is 0 Å². The molecule has 0 aliphatic carbocycles. The molecule has 0 atom stereocenters. The van der Waals surface area contributed by atoms with Gasteiger partial charge in [-0.25, -0.2) is 0 Å². The number of aryl methyl sites for hydroxylation is 1. The van der Waals surface area contributed by atoms with Gasteiger partial charge in [-0.1, -0.05) is 53.2 Å². The van der Waals surface area contributed by atoms with Crippen molar-refractivity contribution in [2.45, 2.75) is 54.4 Å². The Balaban J connectivity index is -0.000000355. The highest BCUT2D eigenvalue weighted by atomic mass is 16.5. The smallest absolute Gasteiger partial charge is 0.119 e. The SMILES string of the molecule is CC.CC.CCCc1ccc(OCC)cc1.O. The number of ether oxygens (including phenoxy) is 1. The molecule has 0 unspecified atom stereocenters. The van der Waals surface area contributed by atoms with Crippen molar-refractivity contribution in [3.8, 4) is 5.75 Å². The lowest BCUT2D eigenvalue weighted by Gasteiger charge is -2.03. The predicted octanol–water partition coefficient (Wildman–Crippen LogP) is 4.27. The maximum absolute atomic E-state index is 5.34. The van der Waals surface area contributed by atoms with Gasteiger partial charge in [0.25, 0.3) is 0 Å². The summed E-state index contributed by atoms with van der Waals surface area (Å²) in [5.74, 6) is 0.970. The molecule has 0 spiro atoms. The molecule has 0 saturated carbocycles. The molecule has 0 heterocycles. The number of hydrogen-bond acceptors (Lipinski definition) is 1. The molecule has 0 aromatic heterocycles. The monoisotopic (exact) mass is 242 g/mol. The largest absolute Gasteiger partial charge is 0.494 e. The van der Waals surface area contributed by atoms with E-state index in [2.05, 4.69) is 19.1 Å². The number of rotatable bonds is 4. The molecule has 1 aromatic rings. The van der Waals surface area contributed by atoms with E-state index in [-0.39, 0.29) is 5.48 Å². The Labute approximate surface area is 107 Å². The summed E-state index contributed by atoms with van der Waals surface area (Å²) in [6.07, 6.45) is 2.36. The van der Waals surface area contributed by atoms with E-state index in [0.29, 0.717) is 0 Å². The third-order valence-corrected chi connectivity index (χ3v) is 1.77. The molecule has 0 aliphatic heterocycles. The lowest BCUT2D eigenvalue weighted by molar-refractivity contribution is 0.340. The first-order valence-electron chi connectivity index (χ1n) is 6.58. The molecule has 102 valence electrons. The van der Waals surface area contributed by atoms with Gasteiger partial charge in [-0.3, -0.25) is 0 Å². The van der Waals surface area contributed by atoms with Crippen LogP contribution in [0, 0.1) is 0 Å². The molecule has 2 heteroatoms. The molecule has 2 N–H and O–H groups in total. The van der Waals surface area contributed by atoms with E-state index in [1.54, 1.807) is 0 Å². The van der Waals surface area contributed by atoms with Gasteiger partial charge in [-0.05, 0) is 31.0 Å². The van der Waals surface area contributed by atoms with Crippen LogP contribution in [0.3, 0.4) is 0 Å². The summed E-state index contributed by atoms with van der Waals surface area (Å²) in [6.45, 7) is 12.9. The highest BCUT2D eigenvalue weighted by molar-refractivity contribution is 5.27. The minimum atomic E-state index is 0. The molecule has 0 aliphatic rings. The Morgan fingerprint density at radius 3 is 1.71 bits per heavy atom. The normalized spacial score (nSPS) is 7.65. The minimum absolute atomic E-state index is 0. The van der Waals surface area contributed by atoms with E-state index in [9.17, 15) is 0 Å². The Kier molecular flexibility index (Phi) is 21.8. The van der Waals surface area contributed by atoms with Crippen LogP contribution in [0.15, 0.2) is 24.3 Å². The average molecular weight is 242 g/mol. The zero-order valence-corrected chi connectivity index (χ0v) is 12.3. The van der Waals surface area contributed by atoms with Crippen LogP contribution >= 0.6 is 0 Å². The van der Waals surface area contributed by atoms with Crippen LogP contribution in [0.2, 0.25) is 0 Å². The molecule has 17 heavy (non-hydrogen) atoms. The second-order valence-electron chi connectivity index (χ2n) is 2.83. The summed E-state index contributed by atoms with van der Waals surface area (Å²) in [4.78, 5) is 0. The van der Waals surface area contributed by atoms with Crippen molar-refractivity contribution in [2.75, 3.05) is 6.61 Å². The minimum Gasteiger partial charge on any atom is -0.494 e. The Morgan fingerprint density at radius 2 is 1.35 bits per heavy atom. The molecule has 1 aromatic carbocycles. The van der Waals surface area contributed by atoms with Gasteiger partial charge in [0, 0.05) is 0 Å². The van der Waals surface area contributed by atoms with Gasteiger partial charge in [0.1, 0.15) is 5.75 Å². The van der Waals surface area contributed by atoms with E-state index in [0.717, 1.165) is 18.8 Å². The van der Waals surface area contributed by atoms with Gasteiger partial charge >= 0.3 is 0 Å². The van der Waals surface area contributed by atoms with Crippen molar-refractivity contribution < 1.29 is 10.2 Å². The maximum atomic E-state index is 5.34. The third-order valence-electron chi connectivity index (χ3n) is 1.77. The first-order valence-corrected chi connectivity index (χ1v) is 6.58. The van der Waals surface area contributed by atoms with Gasteiger partial charge in [-0.2, -0.15) is 0 Å². The Morgan fingerprint density at radius 1 is 0.882 bits per heavy atom. The third kappa shape index (κ3) is 11.2. The lowest BCUT2D eigenvalue weighted by Crippen LogP contribution is -1.91. The zero-order valence-electron chi connectivity index (χ0n) is 12.3. The second kappa shape index (κ2) is 17.4. The molecule has 2 nitrogen and oxygen atoms in total. The summed E-state index contributed by atoms with van der Waals surface area (Å²) in [5, 5.41) is 0.